The molecule has 1 aliphatic carbocycles. The Labute approximate surface area is 132 Å². The predicted octanol–water partition coefficient (Wildman–Crippen LogP) is 3.12. The Hall–Kier alpha value is -1.11. The maximum atomic E-state index is 12.5. The molecule has 1 saturated carbocycles. The van der Waals surface area contributed by atoms with Crippen LogP contribution < -0.4 is 5.32 Å². The summed E-state index contributed by atoms with van der Waals surface area (Å²) < 4.78 is 0.922. The number of halogens is 1. The molecule has 1 aromatic carbocycles. The van der Waals surface area contributed by atoms with Crippen LogP contribution in [0.25, 0.3) is 0 Å². The quantitative estimate of drug-likeness (QED) is 0.781. The van der Waals surface area contributed by atoms with Gasteiger partial charge in [-0.2, -0.15) is 0 Å². The van der Waals surface area contributed by atoms with E-state index >= 15 is 0 Å². The van der Waals surface area contributed by atoms with Gasteiger partial charge in [0.15, 0.2) is 0 Å². The predicted molar refractivity (Wildman–Crippen MR) is 84.8 cm³/mol. The van der Waals surface area contributed by atoms with Crippen LogP contribution in [0.15, 0.2) is 18.2 Å². The third-order valence-corrected chi connectivity index (χ3v) is 5.30. The SMILES string of the molecule is Cc1cccc(C(=O)NC2(CC(=O)O)CCCC2)c1I. The Morgan fingerprint density at radius 1 is 1.35 bits per heavy atom. The number of aryl methyl sites for hydroxylation is 1. The van der Waals surface area contributed by atoms with Gasteiger partial charge in [0.1, 0.15) is 0 Å². The molecule has 108 valence electrons. The summed E-state index contributed by atoms with van der Waals surface area (Å²) in [6.45, 7) is 1.96. The Morgan fingerprint density at radius 2 is 2.00 bits per heavy atom. The Bertz CT molecular complexity index is 536. The van der Waals surface area contributed by atoms with E-state index in [-0.39, 0.29) is 12.3 Å². The molecule has 0 saturated heterocycles. The Kier molecular flexibility index (Phi) is 4.67. The van der Waals surface area contributed by atoms with E-state index in [0.717, 1.165) is 34.8 Å². The van der Waals surface area contributed by atoms with Gasteiger partial charge in [-0.25, -0.2) is 0 Å². The zero-order valence-corrected chi connectivity index (χ0v) is 13.6. The van der Waals surface area contributed by atoms with Crippen molar-refractivity contribution in [3.05, 3.63) is 32.9 Å². The van der Waals surface area contributed by atoms with Crippen molar-refractivity contribution in [2.24, 2.45) is 0 Å². The molecule has 0 aliphatic heterocycles. The van der Waals surface area contributed by atoms with E-state index < -0.39 is 11.5 Å². The van der Waals surface area contributed by atoms with Gasteiger partial charge in [0, 0.05) is 3.57 Å². The lowest BCUT2D eigenvalue weighted by Crippen LogP contribution is -2.48. The minimum absolute atomic E-state index is 0.00113. The normalized spacial score (nSPS) is 16.9. The minimum atomic E-state index is -0.855. The fourth-order valence-electron chi connectivity index (χ4n) is 2.82. The highest BCUT2D eigenvalue weighted by molar-refractivity contribution is 14.1. The maximum Gasteiger partial charge on any atom is 0.305 e. The van der Waals surface area contributed by atoms with Crippen molar-refractivity contribution in [3.8, 4) is 0 Å². The van der Waals surface area contributed by atoms with E-state index in [0.29, 0.717) is 5.56 Å². The fraction of sp³-hybridized carbons (Fsp3) is 0.467. The van der Waals surface area contributed by atoms with Crippen LogP contribution in [-0.2, 0) is 4.79 Å². The summed E-state index contributed by atoms with van der Waals surface area (Å²) in [5.74, 6) is -1.02. The summed E-state index contributed by atoms with van der Waals surface area (Å²) in [5, 5.41) is 12.1. The summed E-state index contributed by atoms with van der Waals surface area (Å²) in [5.41, 5.74) is 1.11. The standard InChI is InChI=1S/C15H18INO3/c1-10-5-4-6-11(13(10)16)14(20)17-15(9-12(18)19)7-2-3-8-15/h4-6H,2-3,7-9H2,1H3,(H,17,20)(H,18,19). The molecule has 1 fully saturated rings. The molecule has 0 unspecified atom stereocenters. The molecule has 0 heterocycles. The van der Waals surface area contributed by atoms with Crippen LogP contribution in [0.5, 0.6) is 0 Å². The lowest BCUT2D eigenvalue weighted by molar-refractivity contribution is -0.138. The first-order chi connectivity index (χ1) is 9.43. The maximum absolute atomic E-state index is 12.5. The molecule has 20 heavy (non-hydrogen) atoms. The summed E-state index contributed by atoms with van der Waals surface area (Å²) in [6, 6.07) is 5.60. The second kappa shape index (κ2) is 6.11. The topological polar surface area (TPSA) is 66.4 Å². The molecule has 0 radical (unpaired) electrons. The van der Waals surface area contributed by atoms with Crippen LogP contribution in [0, 0.1) is 10.5 Å². The van der Waals surface area contributed by atoms with Crippen LogP contribution in [-0.4, -0.2) is 22.5 Å². The van der Waals surface area contributed by atoms with E-state index in [1.54, 1.807) is 6.07 Å². The Balaban J connectivity index is 2.20. The van der Waals surface area contributed by atoms with Gasteiger partial charge >= 0.3 is 5.97 Å². The lowest BCUT2D eigenvalue weighted by Gasteiger charge is -2.29. The molecule has 0 aromatic heterocycles. The molecule has 2 N–H and O–H groups in total. The van der Waals surface area contributed by atoms with E-state index in [4.69, 9.17) is 5.11 Å². The van der Waals surface area contributed by atoms with Gasteiger partial charge in [0.2, 0.25) is 0 Å². The largest absolute Gasteiger partial charge is 0.481 e. The van der Waals surface area contributed by atoms with Crippen molar-refractivity contribution in [1.82, 2.24) is 5.32 Å². The fourth-order valence-corrected chi connectivity index (χ4v) is 3.42. The number of carbonyl (C=O) groups excluding carboxylic acids is 1. The number of carbonyl (C=O) groups is 2. The van der Waals surface area contributed by atoms with Gasteiger partial charge in [-0.15, -0.1) is 0 Å². The number of carboxylic acids is 1. The average molecular weight is 387 g/mol. The second-order valence-corrected chi connectivity index (χ2v) is 6.53. The van der Waals surface area contributed by atoms with E-state index in [2.05, 4.69) is 27.9 Å². The number of rotatable bonds is 4. The van der Waals surface area contributed by atoms with Gasteiger partial charge in [-0.05, 0) is 54.0 Å². The van der Waals surface area contributed by atoms with E-state index in [9.17, 15) is 9.59 Å². The van der Waals surface area contributed by atoms with Crippen molar-refractivity contribution >= 4 is 34.5 Å². The second-order valence-electron chi connectivity index (χ2n) is 5.45. The first kappa shape index (κ1) is 15.3. The molecule has 1 amide bonds. The Morgan fingerprint density at radius 3 is 2.60 bits per heavy atom. The average Bonchev–Trinajstić information content (AvgIpc) is 2.79. The van der Waals surface area contributed by atoms with Gasteiger partial charge in [-0.1, -0.05) is 25.0 Å². The third kappa shape index (κ3) is 3.31. The summed E-state index contributed by atoms with van der Waals surface area (Å²) in [6.07, 6.45) is 3.43. The summed E-state index contributed by atoms with van der Waals surface area (Å²) in [7, 11) is 0. The van der Waals surface area contributed by atoms with Crippen molar-refractivity contribution in [1.29, 1.82) is 0 Å². The number of benzene rings is 1. The van der Waals surface area contributed by atoms with Crippen LogP contribution in [0.4, 0.5) is 0 Å². The van der Waals surface area contributed by atoms with Crippen LogP contribution in [0.1, 0.15) is 48.0 Å². The molecular weight excluding hydrogens is 369 g/mol. The van der Waals surface area contributed by atoms with Gasteiger partial charge < -0.3 is 10.4 Å². The number of nitrogens with one attached hydrogen (secondary N) is 1. The smallest absolute Gasteiger partial charge is 0.305 e. The molecule has 5 heteroatoms. The van der Waals surface area contributed by atoms with Crippen molar-refractivity contribution in [2.75, 3.05) is 0 Å². The molecule has 2 rings (SSSR count). The lowest BCUT2D eigenvalue weighted by atomic mass is 9.92. The number of hydrogen-bond acceptors (Lipinski definition) is 2. The molecule has 1 aliphatic rings. The van der Waals surface area contributed by atoms with Gasteiger partial charge in [0.05, 0.1) is 17.5 Å². The zero-order chi connectivity index (χ0) is 14.8. The summed E-state index contributed by atoms with van der Waals surface area (Å²) >= 11 is 2.16. The van der Waals surface area contributed by atoms with Gasteiger partial charge in [0.25, 0.3) is 5.91 Å². The first-order valence-electron chi connectivity index (χ1n) is 6.73. The van der Waals surface area contributed by atoms with Crippen molar-refractivity contribution < 1.29 is 14.7 Å². The first-order valence-corrected chi connectivity index (χ1v) is 7.81. The number of amides is 1. The highest BCUT2D eigenvalue weighted by Gasteiger charge is 2.37. The molecule has 0 bridgehead atoms. The molecular formula is C15H18INO3. The number of carboxylic acid groups (broad SMARTS) is 1. The number of aliphatic carboxylic acids is 1. The van der Waals surface area contributed by atoms with Crippen molar-refractivity contribution in [3.63, 3.8) is 0 Å². The van der Waals surface area contributed by atoms with Crippen LogP contribution in [0.3, 0.4) is 0 Å². The number of hydrogen-bond donors (Lipinski definition) is 2. The van der Waals surface area contributed by atoms with Gasteiger partial charge in [-0.3, -0.25) is 9.59 Å². The molecule has 0 atom stereocenters. The van der Waals surface area contributed by atoms with E-state index in [1.165, 1.54) is 0 Å². The highest BCUT2D eigenvalue weighted by atomic mass is 127. The minimum Gasteiger partial charge on any atom is -0.481 e. The molecule has 4 nitrogen and oxygen atoms in total. The highest BCUT2D eigenvalue weighted by Crippen LogP contribution is 2.33. The zero-order valence-electron chi connectivity index (χ0n) is 11.4. The monoisotopic (exact) mass is 387 g/mol. The van der Waals surface area contributed by atoms with E-state index in [1.807, 2.05) is 19.1 Å². The summed E-state index contributed by atoms with van der Waals surface area (Å²) in [4.78, 5) is 23.5. The molecule has 0 spiro atoms. The van der Waals surface area contributed by atoms with Crippen LogP contribution >= 0.6 is 22.6 Å². The third-order valence-electron chi connectivity index (χ3n) is 3.87. The van der Waals surface area contributed by atoms with Crippen LogP contribution in [0.2, 0.25) is 0 Å². The molecule has 1 aromatic rings. The van der Waals surface area contributed by atoms with Crippen molar-refractivity contribution in [2.45, 2.75) is 44.6 Å².